The van der Waals surface area contributed by atoms with E-state index in [0.717, 1.165) is 23.3 Å². The predicted octanol–water partition coefficient (Wildman–Crippen LogP) is 0.870. The van der Waals surface area contributed by atoms with E-state index < -0.39 is 41.3 Å². The smallest absolute Gasteiger partial charge is 0.311 e. The van der Waals surface area contributed by atoms with Gasteiger partial charge < -0.3 is 35.7 Å². The number of rotatable bonds is 12. The summed E-state index contributed by atoms with van der Waals surface area (Å²) in [5, 5.41) is 38.9. The van der Waals surface area contributed by atoms with Crippen LogP contribution in [-0.2, 0) is 30.3 Å². The van der Waals surface area contributed by atoms with Crippen LogP contribution in [0.25, 0.3) is 11.8 Å². The summed E-state index contributed by atoms with van der Waals surface area (Å²) in [6.07, 6.45) is 5.86. The van der Waals surface area contributed by atoms with Crippen molar-refractivity contribution in [1.29, 1.82) is 0 Å². The van der Waals surface area contributed by atoms with Crippen LogP contribution in [0.1, 0.15) is 57.7 Å². The van der Waals surface area contributed by atoms with E-state index in [9.17, 15) is 34.5 Å². The minimum Gasteiger partial charge on any atom is -0.511 e. The van der Waals surface area contributed by atoms with E-state index >= 15 is 0 Å². The molecule has 2 unspecified atom stereocenters. The molecule has 5 aliphatic rings. The molecule has 4 saturated heterocycles. The van der Waals surface area contributed by atoms with Crippen LogP contribution >= 0.6 is 12.6 Å². The summed E-state index contributed by atoms with van der Waals surface area (Å²) in [5.41, 5.74) is 4.36. The lowest BCUT2D eigenvalue weighted by atomic mass is 9.88. The van der Waals surface area contributed by atoms with Crippen molar-refractivity contribution in [3.8, 4) is 0 Å². The van der Waals surface area contributed by atoms with Crippen LogP contribution < -0.4 is 26.6 Å². The van der Waals surface area contributed by atoms with Gasteiger partial charge in [-0.15, -0.1) is 6.58 Å². The van der Waals surface area contributed by atoms with E-state index in [4.69, 9.17) is 4.74 Å². The number of aromatic nitrogens is 1. The minimum atomic E-state index is -1.21. The van der Waals surface area contributed by atoms with Gasteiger partial charge in [-0.05, 0) is 74.1 Å². The van der Waals surface area contributed by atoms with Gasteiger partial charge in [0.1, 0.15) is 17.8 Å². The molecule has 47 heavy (non-hydrogen) atoms. The van der Waals surface area contributed by atoms with E-state index in [-0.39, 0.29) is 54.7 Å². The van der Waals surface area contributed by atoms with Crippen LogP contribution in [0.2, 0.25) is 0 Å². The number of ether oxygens (including phenoxy) is 1. The van der Waals surface area contributed by atoms with E-state index in [1.165, 1.54) is 0 Å². The zero-order chi connectivity index (χ0) is 34.2. The second-order valence-corrected chi connectivity index (χ2v) is 13.8. The highest BCUT2D eigenvalue weighted by Crippen LogP contribution is 2.57. The lowest BCUT2D eigenvalue weighted by Crippen LogP contribution is -2.36. The number of nitrogens with one attached hydrogen (secondary N) is 4. The minimum absolute atomic E-state index is 0.0301. The number of fused-ring (bicyclic) bond motifs is 2. The molecule has 2 amide bonds. The number of carboxylic acids is 2. The normalized spacial score (nSPS) is 35.6. The Labute approximate surface area is 276 Å². The molecule has 0 spiro atoms. The summed E-state index contributed by atoms with van der Waals surface area (Å²) in [4.78, 5) is 52.0. The van der Waals surface area contributed by atoms with E-state index in [1.807, 2.05) is 37.9 Å². The number of thiol groups is 1. The van der Waals surface area contributed by atoms with Gasteiger partial charge in [0, 0.05) is 35.0 Å². The zero-order valence-electron chi connectivity index (χ0n) is 26.8. The highest BCUT2D eigenvalue weighted by atomic mass is 32.1. The van der Waals surface area contributed by atoms with Gasteiger partial charge in [0.15, 0.2) is 11.4 Å². The molecule has 4 fully saturated rings. The van der Waals surface area contributed by atoms with Crippen molar-refractivity contribution in [1.82, 2.24) is 26.1 Å². The topological polar surface area (TPSA) is 206 Å². The molecular formula is C33H41N5O8S. The molecule has 1 aromatic rings. The summed E-state index contributed by atoms with van der Waals surface area (Å²) in [6, 6.07) is -0.246. The van der Waals surface area contributed by atoms with Gasteiger partial charge in [0.25, 0.3) is 0 Å². The van der Waals surface area contributed by atoms with Crippen LogP contribution in [0.15, 0.2) is 35.6 Å². The second-order valence-electron chi connectivity index (χ2n) is 13.4. The Balaban J connectivity index is 1.45. The number of carbonyl (C=O) groups excluding carboxylic acids is 2. The summed E-state index contributed by atoms with van der Waals surface area (Å²) in [7, 11) is 0. The molecule has 6 rings (SSSR count). The monoisotopic (exact) mass is 667 g/mol. The van der Waals surface area contributed by atoms with Gasteiger partial charge in [-0.3, -0.25) is 24.2 Å². The third-order valence-electron chi connectivity index (χ3n) is 10.7. The number of hydrogen-bond donors (Lipinski definition) is 8. The van der Waals surface area contributed by atoms with Crippen LogP contribution in [0.5, 0.6) is 0 Å². The Morgan fingerprint density at radius 3 is 2.49 bits per heavy atom. The lowest BCUT2D eigenvalue weighted by molar-refractivity contribution is -0.137. The molecule has 252 valence electrons. The van der Waals surface area contributed by atoms with Crippen molar-refractivity contribution in [2.75, 3.05) is 5.75 Å². The molecule has 6 heterocycles. The number of carbonyl (C=O) groups is 4. The number of aromatic amines is 1. The standard InChI is InChI=1S/C33H41N5O8S/c1-6-19-30(45)36-33(31(19,5)46-33)14-22-17(4)28(25(39)12-27(42)43)23(34-22)13-32-20(7-8-26(40)41)16(3)24(38(32)37-32)11-21-18(9-10-47)15(2)29(44)35-21/h6,11,13,15,18-19,21,34,37,39,47H,1,7-10,12,14H2,2-5H3,(H,35,44)(H,36,45)(H,40,41)(H,42,43)/b23-13-,24-11+,28-25+/t15-,18-,19?,21?,31+,32+,33+,38?/m1/s1. The van der Waals surface area contributed by atoms with Crippen LogP contribution in [0.4, 0.5) is 0 Å². The Hall–Kier alpha value is -4.01. The van der Waals surface area contributed by atoms with Gasteiger partial charge in [0.05, 0.1) is 17.7 Å². The van der Waals surface area contributed by atoms with E-state index in [2.05, 4.69) is 40.3 Å². The van der Waals surface area contributed by atoms with Crippen molar-refractivity contribution in [3.63, 3.8) is 0 Å². The molecule has 1 aromatic heterocycles. The molecular weight excluding hydrogens is 626 g/mol. The molecule has 0 aromatic carbocycles. The number of nitrogens with zero attached hydrogens (tertiary/aromatic N) is 1. The number of hydrogen-bond acceptors (Lipinski definition) is 9. The average Bonchev–Trinajstić information content (AvgIpc) is 3.67. The van der Waals surface area contributed by atoms with Gasteiger partial charge in [-0.2, -0.15) is 18.1 Å². The van der Waals surface area contributed by atoms with Crippen molar-refractivity contribution in [2.45, 2.75) is 82.8 Å². The molecule has 7 atom stereocenters. The molecule has 13 nitrogen and oxygen atoms in total. The molecule has 7 N–H and O–H groups in total. The largest absolute Gasteiger partial charge is 0.511 e. The number of aliphatic carboxylic acids is 2. The van der Waals surface area contributed by atoms with Crippen LogP contribution in [0.3, 0.4) is 0 Å². The number of allylic oxidation sites excluding steroid dienone is 1. The van der Waals surface area contributed by atoms with Gasteiger partial charge in [-0.25, -0.2) is 0 Å². The molecule has 14 heteroatoms. The Morgan fingerprint density at radius 1 is 1.15 bits per heavy atom. The Kier molecular flexibility index (Phi) is 7.92. The highest BCUT2D eigenvalue weighted by Gasteiger charge is 2.77. The number of hydrazine groups is 1. The van der Waals surface area contributed by atoms with Crippen LogP contribution in [0, 0.1) is 24.7 Å². The summed E-state index contributed by atoms with van der Waals surface area (Å²) in [5.74, 6) is -2.79. The maximum Gasteiger partial charge on any atom is 0.311 e. The SMILES string of the molecule is C=CC1C(=O)N[C@@]2(Cc3[nH]c(=C\[C@]45NN4/C(=C/C4NC(=O)[C@H](C)[C@H]4CCS)C(C)=C5CCC(=O)O)/c(=C(/O)CC(=O)O)c3C)O[C@@]12C. The highest BCUT2D eigenvalue weighted by molar-refractivity contribution is 7.80. The number of epoxide rings is 1. The predicted molar refractivity (Wildman–Crippen MR) is 174 cm³/mol. The number of H-pyrrole nitrogens is 1. The van der Waals surface area contributed by atoms with Crippen molar-refractivity contribution >= 4 is 48.2 Å². The summed E-state index contributed by atoms with van der Waals surface area (Å²) < 4.78 is 6.08. The molecule has 0 bridgehead atoms. The third kappa shape index (κ3) is 5.08. The summed E-state index contributed by atoms with van der Waals surface area (Å²) >= 11 is 4.40. The van der Waals surface area contributed by atoms with Crippen molar-refractivity contribution < 1.29 is 39.2 Å². The van der Waals surface area contributed by atoms with E-state index in [0.29, 0.717) is 27.6 Å². The quantitative estimate of drug-likeness (QED) is 0.0897. The van der Waals surface area contributed by atoms with Gasteiger partial charge in [-0.1, -0.05) is 13.0 Å². The van der Waals surface area contributed by atoms with Gasteiger partial charge >= 0.3 is 11.9 Å². The first-order chi connectivity index (χ1) is 22.1. The Morgan fingerprint density at radius 2 is 1.87 bits per heavy atom. The van der Waals surface area contributed by atoms with Gasteiger partial charge in [0.2, 0.25) is 11.8 Å². The lowest BCUT2D eigenvalue weighted by Gasteiger charge is -2.18. The molecule has 5 aliphatic heterocycles. The van der Waals surface area contributed by atoms with Crippen molar-refractivity contribution in [2.24, 2.45) is 17.8 Å². The second kappa shape index (κ2) is 11.3. The first-order valence-corrected chi connectivity index (χ1v) is 16.4. The maximum atomic E-state index is 12.7. The fourth-order valence-electron chi connectivity index (χ4n) is 7.96. The number of aliphatic hydroxyl groups excluding tert-OH is 1. The van der Waals surface area contributed by atoms with Crippen molar-refractivity contribution in [3.05, 3.63) is 57.4 Å². The fourth-order valence-corrected chi connectivity index (χ4v) is 8.25. The first kappa shape index (κ1) is 32.9. The Bertz CT molecular complexity index is 1800. The molecule has 0 saturated carbocycles. The maximum absolute atomic E-state index is 12.7. The summed E-state index contributed by atoms with van der Waals surface area (Å²) in [6.45, 7) is 11.2. The third-order valence-corrected chi connectivity index (χ3v) is 10.9. The number of carboxylic acid groups (broad SMARTS) is 2. The average molecular weight is 668 g/mol. The number of amides is 2. The van der Waals surface area contributed by atoms with E-state index in [1.54, 1.807) is 13.0 Å². The number of aliphatic hydroxyl groups is 1. The zero-order valence-corrected chi connectivity index (χ0v) is 27.7. The van der Waals surface area contributed by atoms with Crippen LogP contribution in [-0.4, -0.2) is 77.8 Å². The first-order valence-electron chi connectivity index (χ1n) is 15.8. The molecule has 0 aliphatic carbocycles. The molecule has 0 radical (unpaired) electrons. The fraction of sp³-hybridized carbons (Fsp3) is 0.515.